The molecule has 0 atom stereocenters. The van der Waals surface area contributed by atoms with Gasteiger partial charge in [-0.15, -0.1) is 0 Å². The summed E-state index contributed by atoms with van der Waals surface area (Å²) in [7, 11) is 0. The Morgan fingerprint density at radius 3 is 2.82 bits per heavy atom. The van der Waals surface area contributed by atoms with Gasteiger partial charge in [0.05, 0.1) is 11.4 Å². The number of nitrogens with zero attached hydrogens (tertiary/aromatic N) is 4. The van der Waals surface area contributed by atoms with Crippen LogP contribution in [0.1, 0.15) is 13.8 Å². The Morgan fingerprint density at radius 2 is 2.36 bits per heavy atom. The first-order valence-electron chi connectivity index (χ1n) is 3.25. The molecular weight excluding hydrogens is 140 g/mol. The van der Waals surface area contributed by atoms with Gasteiger partial charge in [0.25, 0.3) is 0 Å². The third-order valence-electron chi connectivity index (χ3n) is 1.44. The first-order chi connectivity index (χ1) is 5.25. The predicted octanol–water partition coefficient (Wildman–Crippen LogP) is 0.801. The minimum Gasteiger partial charge on any atom is -0.264 e. The van der Waals surface area contributed by atoms with Crippen molar-refractivity contribution in [3.05, 3.63) is 0 Å². The van der Waals surface area contributed by atoms with Gasteiger partial charge in [-0.3, -0.25) is 9.98 Å². The van der Waals surface area contributed by atoms with Crippen LogP contribution in [-0.4, -0.2) is 23.8 Å². The van der Waals surface area contributed by atoms with Crippen LogP contribution in [0.15, 0.2) is 15.0 Å². The molecule has 0 saturated heterocycles. The smallest absolute Gasteiger partial charge is 0.205 e. The van der Waals surface area contributed by atoms with Gasteiger partial charge in [0.2, 0.25) is 6.19 Å². The molecule has 1 rings (SSSR count). The van der Waals surface area contributed by atoms with Gasteiger partial charge in [0.15, 0.2) is 0 Å². The predicted molar refractivity (Wildman–Crippen MR) is 44.1 cm³/mol. The Morgan fingerprint density at radius 1 is 1.64 bits per heavy atom. The molecule has 0 amide bonds. The molecule has 0 fully saturated rings. The highest BCUT2D eigenvalue weighted by molar-refractivity contribution is 6.68. The van der Waals surface area contributed by atoms with Gasteiger partial charge in [-0.25, -0.2) is 0 Å². The van der Waals surface area contributed by atoms with Crippen molar-refractivity contribution in [3.63, 3.8) is 0 Å². The van der Waals surface area contributed by atoms with Crippen molar-refractivity contribution in [2.45, 2.75) is 13.8 Å². The van der Waals surface area contributed by atoms with Crippen molar-refractivity contribution in [1.29, 1.82) is 5.26 Å². The van der Waals surface area contributed by atoms with E-state index < -0.39 is 0 Å². The average molecular weight is 148 g/mol. The molecule has 0 radical (unpaired) electrons. The monoisotopic (exact) mass is 148 g/mol. The topological polar surface area (TPSA) is 60.9 Å². The zero-order valence-electron chi connectivity index (χ0n) is 6.50. The molecule has 0 unspecified atom stereocenters. The lowest BCUT2D eigenvalue weighted by Crippen LogP contribution is -2.16. The zero-order chi connectivity index (χ0) is 8.27. The fraction of sp³-hybridized carbons (Fsp3) is 0.429. The maximum Gasteiger partial charge on any atom is 0.205 e. The van der Waals surface area contributed by atoms with E-state index in [4.69, 9.17) is 5.26 Å². The molecule has 11 heavy (non-hydrogen) atoms. The molecule has 0 N–H and O–H groups in total. The van der Waals surface area contributed by atoms with Crippen molar-refractivity contribution < 1.29 is 0 Å². The Balaban J connectivity index is 2.87. The SMILES string of the molecule is CC(=NC#N)C1=NCN=C1C. The molecule has 1 aliphatic heterocycles. The quantitative estimate of drug-likeness (QED) is 0.400. The van der Waals surface area contributed by atoms with Crippen molar-refractivity contribution in [2.24, 2.45) is 15.0 Å². The summed E-state index contributed by atoms with van der Waals surface area (Å²) in [6.07, 6.45) is 1.72. The van der Waals surface area contributed by atoms with Gasteiger partial charge < -0.3 is 0 Å². The molecule has 1 aliphatic rings. The van der Waals surface area contributed by atoms with Gasteiger partial charge in [0.1, 0.15) is 12.4 Å². The second-order valence-electron chi connectivity index (χ2n) is 2.19. The van der Waals surface area contributed by atoms with Gasteiger partial charge in [-0.1, -0.05) is 0 Å². The molecule has 0 saturated carbocycles. The zero-order valence-corrected chi connectivity index (χ0v) is 6.50. The van der Waals surface area contributed by atoms with E-state index in [-0.39, 0.29) is 0 Å². The second-order valence-corrected chi connectivity index (χ2v) is 2.19. The Labute approximate surface area is 65.0 Å². The first kappa shape index (κ1) is 7.61. The maximum absolute atomic E-state index is 8.25. The van der Waals surface area contributed by atoms with E-state index in [0.717, 1.165) is 11.4 Å². The van der Waals surface area contributed by atoms with Crippen LogP contribution in [0.5, 0.6) is 0 Å². The van der Waals surface area contributed by atoms with E-state index in [1.165, 1.54) is 0 Å². The van der Waals surface area contributed by atoms with Crippen LogP contribution < -0.4 is 0 Å². The van der Waals surface area contributed by atoms with Crippen LogP contribution >= 0.6 is 0 Å². The Kier molecular flexibility index (Phi) is 2.12. The fourth-order valence-electron chi connectivity index (χ4n) is 0.906. The third kappa shape index (κ3) is 1.49. The van der Waals surface area contributed by atoms with Crippen molar-refractivity contribution in [2.75, 3.05) is 6.67 Å². The average Bonchev–Trinajstić information content (AvgIpc) is 2.36. The fourth-order valence-corrected chi connectivity index (χ4v) is 0.906. The highest BCUT2D eigenvalue weighted by atomic mass is 15.0. The Bertz CT molecular complexity index is 290. The van der Waals surface area contributed by atoms with Crippen LogP contribution in [0.25, 0.3) is 0 Å². The first-order valence-corrected chi connectivity index (χ1v) is 3.25. The molecule has 0 aliphatic carbocycles. The standard InChI is InChI=1S/C7H8N4/c1-5(9-3-8)7-6(2)10-4-11-7/h4H2,1-2H3. The summed E-state index contributed by atoms with van der Waals surface area (Å²) in [5.74, 6) is 0. The second kappa shape index (κ2) is 3.06. The van der Waals surface area contributed by atoms with Gasteiger partial charge in [0, 0.05) is 0 Å². The number of hydrogen-bond acceptors (Lipinski definition) is 4. The van der Waals surface area contributed by atoms with Gasteiger partial charge in [-0.05, 0) is 13.8 Å². The maximum atomic E-state index is 8.25. The third-order valence-corrected chi connectivity index (χ3v) is 1.44. The molecule has 0 bridgehead atoms. The summed E-state index contributed by atoms with van der Waals surface area (Å²) in [5.41, 5.74) is 2.26. The molecule has 4 heteroatoms. The number of rotatable bonds is 1. The van der Waals surface area contributed by atoms with Crippen LogP contribution in [-0.2, 0) is 0 Å². The van der Waals surface area contributed by atoms with E-state index in [2.05, 4.69) is 15.0 Å². The minimum atomic E-state index is 0.472. The molecule has 0 spiro atoms. The van der Waals surface area contributed by atoms with Crippen LogP contribution in [0.4, 0.5) is 0 Å². The van der Waals surface area contributed by atoms with E-state index in [0.29, 0.717) is 12.4 Å². The Hall–Kier alpha value is -1.50. The molecule has 1 heterocycles. The summed E-state index contributed by atoms with van der Waals surface area (Å²) in [5, 5.41) is 8.25. The lowest BCUT2D eigenvalue weighted by molar-refractivity contribution is 1.10. The van der Waals surface area contributed by atoms with Crippen LogP contribution in [0.3, 0.4) is 0 Å². The molecule has 0 aromatic heterocycles. The van der Waals surface area contributed by atoms with Crippen LogP contribution in [0, 0.1) is 11.5 Å². The lowest BCUT2D eigenvalue weighted by Gasteiger charge is -1.94. The van der Waals surface area contributed by atoms with Crippen molar-refractivity contribution >= 4 is 17.1 Å². The lowest BCUT2D eigenvalue weighted by atomic mass is 10.2. The number of aliphatic imine (C=N–C) groups is 3. The molecule has 56 valence electrons. The summed E-state index contributed by atoms with van der Waals surface area (Å²) in [4.78, 5) is 11.7. The normalized spacial score (nSPS) is 17.4. The molecule has 0 aromatic rings. The van der Waals surface area contributed by atoms with Crippen LogP contribution in [0.2, 0.25) is 0 Å². The summed E-state index contributed by atoms with van der Waals surface area (Å²) in [6.45, 7) is 4.09. The minimum absolute atomic E-state index is 0.472. The molecule has 0 aromatic carbocycles. The van der Waals surface area contributed by atoms with Crippen molar-refractivity contribution in [3.8, 4) is 6.19 Å². The number of hydrogen-bond donors (Lipinski definition) is 0. The molecule has 4 nitrogen and oxygen atoms in total. The van der Waals surface area contributed by atoms with E-state index in [1.54, 1.807) is 13.1 Å². The van der Waals surface area contributed by atoms with E-state index in [1.807, 2.05) is 6.92 Å². The highest BCUT2D eigenvalue weighted by Gasteiger charge is 2.11. The summed E-state index contributed by atoms with van der Waals surface area (Å²) < 4.78 is 0. The highest BCUT2D eigenvalue weighted by Crippen LogP contribution is 1.97. The molecular formula is C7H8N4. The van der Waals surface area contributed by atoms with E-state index in [9.17, 15) is 0 Å². The largest absolute Gasteiger partial charge is 0.264 e. The number of nitriles is 1. The van der Waals surface area contributed by atoms with Crippen molar-refractivity contribution in [1.82, 2.24) is 0 Å². The van der Waals surface area contributed by atoms with E-state index >= 15 is 0 Å². The van der Waals surface area contributed by atoms with Gasteiger partial charge in [-0.2, -0.15) is 10.3 Å². The summed E-state index contributed by atoms with van der Waals surface area (Å²) >= 11 is 0. The summed E-state index contributed by atoms with van der Waals surface area (Å²) in [6, 6.07) is 0. The van der Waals surface area contributed by atoms with Gasteiger partial charge >= 0.3 is 0 Å².